The van der Waals surface area contributed by atoms with E-state index in [0.717, 1.165) is 6.42 Å². The summed E-state index contributed by atoms with van der Waals surface area (Å²) in [4.78, 5) is 0. The molecule has 0 aromatic heterocycles. The molecule has 0 amide bonds. The molecule has 0 spiro atoms. The van der Waals surface area contributed by atoms with Crippen LogP contribution in [0.1, 0.15) is 26.3 Å². The molecule has 3 heteroatoms. The summed E-state index contributed by atoms with van der Waals surface area (Å²) in [6, 6.07) is 10.5. The standard InChI is InChI=1S/C15H25NO2/c1-12(2)18-11-13(3)16-15(10-17)9-14-7-5-4-6-8-14/h4-8,12-13,15-17H,9-11H2,1-3H3/t13-,15+/m0/s1. The molecule has 3 nitrogen and oxygen atoms in total. The van der Waals surface area contributed by atoms with Gasteiger partial charge in [0.25, 0.3) is 0 Å². The fourth-order valence-electron chi connectivity index (χ4n) is 1.86. The first-order valence-corrected chi connectivity index (χ1v) is 6.64. The summed E-state index contributed by atoms with van der Waals surface area (Å²) in [7, 11) is 0. The van der Waals surface area contributed by atoms with Gasteiger partial charge < -0.3 is 15.2 Å². The van der Waals surface area contributed by atoms with Crippen LogP contribution in [-0.4, -0.2) is 36.5 Å². The molecule has 2 atom stereocenters. The third-order valence-electron chi connectivity index (χ3n) is 2.75. The smallest absolute Gasteiger partial charge is 0.0620 e. The van der Waals surface area contributed by atoms with E-state index in [-0.39, 0.29) is 24.8 Å². The van der Waals surface area contributed by atoms with E-state index in [0.29, 0.717) is 6.61 Å². The molecule has 0 heterocycles. The van der Waals surface area contributed by atoms with Crippen LogP contribution in [0, 0.1) is 0 Å². The Kier molecular flexibility index (Phi) is 6.94. The second kappa shape index (κ2) is 8.25. The van der Waals surface area contributed by atoms with Gasteiger partial charge in [-0.25, -0.2) is 0 Å². The van der Waals surface area contributed by atoms with Crippen molar-refractivity contribution in [1.29, 1.82) is 0 Å². The zero-order chi connectivity index (χ0) is 13.4. The molecule has 0 saturated carbocycles. The molecule has 102 valence electrons. The van der Waals surface area contributed by atoms with Crippen molar-refractivity contribution in [3.05, 3.63) is 35.9 Å². The first-order valence-electron chi connectivity index (χ1n) is 6.64. The van der Waals surface area contributed by atoms with E-state index in [2.05, 4.69) is 24.4 Å². The minimum absolute atomic E-state index is 0.0816. The Morgan fingerprint density at radius 2 is 1.83 bits per heavy atom. The molecule has 0 aliphatic heterocycles. The van der Waals surface area contributed by atoms with Crippen LogP contribution in [0.4, 0.5) is 0 Å². The van der Waals surface area contributed by atoms with Gasteiger partial charge in [0.15, 0.2) is 0 Å². The van der Waals surface area contributed by atoms with Gasteiger partial charge in [-0.05, 0) is 32.8 Å². The van der Waals surface area contributed by atoms with Crippen LogP contribution in [-0.2, 0) is 11.2 Å². The maximum absolute atomic E-state index is 9.41. The van der Waals surface area contributed by atoms with Crippen LogP contribution in [0.25, 0.3) is 0 Å². The Morgan fingerprint density at radius 1 is 1.17 bits per heavy atom. The van der Waals surface area contributed by atoms with E-state index < -0.39 is 0 Å². The summed E-state index contributed by atoms with van der Waals surface area (Å²) in [5.74, 6) is 0. The third-order valence-corrected chi connectivity index (χ3v) is 2.75. The van der Waals surface area contributed by atoms with Crippen LogP contribution in [0.5, 0.6) is 0 Å². The Bertz CT molecular complexity index is 314. The lowest BCUT2D eigenvalue weighted by atomic mass is 10.1. The number of hydrogen-bond donors (Lipinski definition) is 2. The average molecular weight is 251 g/mol. The van der Waals surface area contributed by atoms with Crippen LogP contribution >= 0.6 is 0 Å². The van der Waals surface area contributed by atoms with Crippen LogP contribution in [0.2, 0.25) is 0 Å². The molecule has 0 fully saturated rings. The van der Waals surface area contributed by atoms with Crippen molar-refractivity contribution in [2.45, 2.75) is 45.4 Å². The average Bonchev–Trinajstić information content (AvgIpc) is 2.37. The molecule has 2 N–H and O–H groups in total. The van der Waals surface area contributed by atoms with Crippen molar-refractivity contribution in [3.8, 4) is 0 Å². The van der Waals surface area contributed by atoms with Crippen molar-refractivity contribution >= 4 is 0 Å². The SMILES string of the molecule is CC(C)OC[C@H](C)N[C@@H](CO)Cc1ccccc1. The molecular weight excluding hydrogens is 226 g/mol. The summed E-state index contributed by atoms with van der Waals surface area (Å²) in [6.07, 6.45) is 1.08. The Balaban J connectivity index is 2.37. The minimum Gasteiger partial charge on any atom is -0.395 e. The molecule has 0 saturated heterocycles. The highest BCUT2D eigenvalue weighted by atomic mass is 16.5. The summed E-state index contributed by atoms with van der Waals surface area (Å²) in [5, 5.41) is 12.8. The maximum atomic E-state index is 9.41. The van der Waals surface area contributed by atoms with E-state index in [9.17, 15) is 5.11 Å². The summed E-state index contributed by atoms with van der Waals surface area (Å²) in [5.41, 5.74) is 1.24. The van der Waals surface area contributed by atoms with Gasteiger partial charge in [-0.1, -0.05) is 30.3 Å². The highest BCUT2D eigenvalue weighted by molar-refractivity contribution is 5.15. The van der Waals surface area contributed by atoms with E-state index >= 15 is 0 Å². The molecule has 0 unspecified atom stereocenters. The minimum atomic E-state index is 0.0816. The topological polar surface area (TPSA) is 41.5 Å². The summed E-state index contributed by atoms with van der Waals surface area (Å²) >= 11 is 0. The van der Waals surface area contributed by atoms with E-state index in [4.69, 9.17) is 4.74 Å². The van der Waals surface area contributed by atoms with Gasteiger partial charge >= 0.3 is 0 Å². The Hall–Kier alpha value is -0.900. The van der Waals surface area contributed by atoms with Gasteiger partial charge in [-0.2, -0.15) is 0 Å². The fraction of sp³-hybridized carbons (Fsp3) is 0.600. The first-order chi connectivity index (χ1) is 8.61. The zero-order valence-electron chi connectivity index (χ0n) is 11.6. The van der Waals surface area contributed by atoms with E-state index in [1.54, 1.807) is 0 Å². The molecule has 0 aliphatic carbocycles. The lowest BCUT2D eigenvalue weighted by molar-refractivity contribution is 0.0599. The number of hydrogen-bond acceptors (Lipinski definition) is 3. The molecule has 18 heavy (non-hydrogen) atoms. The van der Waals surface area contributed by atoms with Crippen LogP contribution < -0.4 is 5.32 Å². The third kappa shape index (κ3) is 6.15. The zero-order valence-corrected chi connectivity index (χ0v) is 11.6. The predicted molar refractivity (Wildman–Crippen MR) is 74.7 cm³/mol. The molecule has 0 radical (unpaired) electrons. The fourth-order valence-corrected chi connectivity index (χ4v) is 1.86. The predicted octanol–water partition coefficient (Wildman–Crippen LogP) is 1.99. The monoisotopic (exact) mass is 251 g/mol. The Labute approximate surface area is 110 Å². The highest BCUT2D eigenvalue weighted by Gasteiger charge is 2.12. The van der Waals surface area contributed by atoms with Crippen molar-refractivity contribution in [2.24, 2.45) is 0 Å². The molecule has 0 bridgehead atoms. The first kappa shape index (κ1) is 15.2. The normalized spacial score (nSPS) is 14.7. The van der Waals surface area contributed by atoms with Gasteiger partial charge in [0, 0.05) is 12.1 Å². The highest BCUT2D eigenvalue weighted by Crippen LogP contribution is 2.04. The van der Waals surface area contributed by atoms with Crippen molar-refractivity contribution in [1.82, 2.24) is 5.32 Å². The quantitative estimate of drug-likeness (QED) is 0.742. The van der Waals surface area contributed by atoms with Gasteiger partial charge in [0.1, 0.15) is 0 Å². The van der Waals surface area contributed by atoms with Crippen molar-refractivity contribution in [2.75, 3.05) is 13.2 Å². The number of rotatable bonds is 8. The molecule has 1 rings (SSSR count). The van der Waals surface area contributed by atoms with Crippen molar-refractivity contribution in [3.63, 3.8) is 0 Å². The number of aliphatic hydroxyl groups is 1. The van der Waals surface area contributed by atoms with Gasteiger partial charge in [-0.3, -0.25) is 0 Å². The van der Waals surface area contributed by atoms with Crippen molar-refractivity contribution < 1.29 is 9.84 Å². The second-order valence-corrected chi connectivity index (χ2v) is 5.02. The van der Waals surface area contributed by atoms with Gasteiger partial charge in [0.05, 0.1) is 19.3 Å². The van der Waals surface area contributed by atoms with Crippen LogP contribution in [0.15, 0.2) is 30.3 Å². The number of nitrogens with one attached hydrogen (secondary N) is 1. The second-order valence-electron chi connectivity index (χ2n) is 5.02. The lowest BCUT2D eigenvalue weighted by Crippen LogP contribution is -2.43. The number of ether oxygens (including phenoxy) is 1. The molecular formula is C15H25NO2. The molecule has 0 aliphatic rings. The summed E-state index contributed by atoms with van der Waals surface area (Å²) < 4.78 is 5.56. The van der Waals surface area contributed by atoms with E-state index in [1.165, 1.54) is 5.56 Å². The number of benzene rings is 1. The van der Waals surface area contributed by atoms with Gasteiger partial charge in [-0.15, -0.1) is 0 Å². The van der Waals surface area contributed by atoms with Gasteiger partial charge in [0.2, 0.25) is 0 Å². The molecule has 1 aromatic carbocycles. The Morgan fingerprint density at radius 3 is 2.39 bits per heavy atom. The number of aliphatic hydroxyl groups excluding tert-OH is 1. The van der Waals surface area contributed by atoms with E-state index in [1.807, 2.05) is 32.0 Å². The molecule has 1 aromatic rings. The van der Waals surface area contributed by atoms with Crippen LogP contribution in [0.3, 0.4) is 0 Å². The summed E-state index contributed by atoms with van der Waals surface area (Å²) in [6.45, 7) is 6.94. The largest absolute Gasteiger partial charge is 0.395 e. The maximum Gasteiger partial charge on any atom is 0.0620 e. The lowest BCUT2D eigenvalue weighted by Gasteiger charge is -2.22.